The molecule has 1 aliphatic carbocycles. The Bertz CT molecular complexity index is 763. The van der Waals surface area contributed by atoms with Crippen LogP contribution in [0.15, 0.2) is 18.2 Å². The molecule has 0 bridgehead atoms. The summed E-state index contributed by atoms with van der Waals surface area (Å²) in [5.74, 6) is -1.73. The van der Waals surface area contributed by atoms with Crippen molar-refractivity contribution in [1.82, 2.24) is 10.2 Å². The Hall–Kier alpha value is -1.79. The molecule has 1 aromatic carbocycles. The topological polar surface area (TPSA) is 86.7 Å². The van der Waals surface area contributed by atoms with Crippen LogP contribution in [-0.2, 0) is 9.59 Å². The van der Waals surface area contributed by atoms with E-state index in [2.05, 4.69) is 5.32 Å². The van der Waals surface area contributed by atoms with E-state index in [-0.39, 0.29) is 24.3 Å². The maximum Gasteiger partial charge on any atom is 0.303 e. The molecule has 8 heteroatoms. The summed E-state index contributed by atoms with van der Waals surface area (Å²) in [5.41, 5.74) is 0.605. The number of carboxylic acid groups (broad SMARTS) is 1. The fourth-order valence-corrected chi connectivity index (χ4v) is 5.02. The van der Waals surface area contributed by atoms with Crippen LogP contribution in [0.1, 0.15) is 61.7 Å². The van der Waals surface area contributed by atoms with Crippen LogP contribution in [0.25, 0.3) is 0 Å². The summed E-state index contributed by atoms with van der Waals surface area (Å²) in [6, 6.07) is 3.55. The zero-order valence-electron chi connectivity index (χ0n) is 16.3. The number of amides is 2. The lowest BCUT2D eigenvalue weighted by molar-refractivity contribution is -0.138. The monoisotopic (exact) mass is 440 g/mol. The van der Waals surface area contributed by atoms with Crippen molar-refractivity contribution in [3.63, 3.8) is 0 Å². The molecule has 158 valence electrons. The summed E-state index contributed by atoms with van der Waals surface area (Å²) in [5, 5.41) is 12.4. The van der Waals surface area contributed by atoms with E-state index in [0.717, 1.165) is 12.8 Å². The van der Waals surface area contributed by atoms with Crippen LogP contribution in [-0.4, -0.2) is 46.9 Å². The molecule has 1 aliphatic heterocycles. The fourth-order valence-electron chi connectivity index (χ4n) is 4.50. The van der Waals surface area contributed by atoms with Crippen molar-refractivity contribution in [3.05, 3.63) is 33.8 Å². The molecule has 1 saturated carbocycles. The molecule has 0 radical (unpaired) electrons. The lowest BCUT2D eigenvalue weighted by Gasteiger charge is -2.40. The van der Waals surface area contributed by atoms with Crippen LogP contribution < -0.4 is 5.32 Å². The van der Waals surface area contributed by atoms with Gasteiger partial charge in [-0.3, -0.25) is 14.4 Å². The van der Waals surface area contributed by atoms with E-state index in [0.29, 0.717) is 28.5 Å². The minimum atomic E-state index is -1.01. The third-order valence-electron chi connectivity index (χ3n) is 6.18. The van der Waals surface area contributed by atoms with Gasteiger partial charge in [0.1, 0.15) is 6.04 Å². The number of rotatable bonds is 6. The number of benzene rings is 1. The van der Waals surface area contributed by atoms with E-state index < -0.39 is 17.9 Å². The Balaban J connectivity index is 1.68. The first-order valence-corrected chi connectivity index (χ1v) is 10.8. The molecule has 2 N–H and O–H groups in total. The maximum atomic E-state index is 13.1. The standard InChI is InChI=1S/C21H26Cl2N2O4/c22-15-11-14(12-16(23)13-15)19(28)24-17(3-4-18(26)27)20(29)25-9-7-21(8-10-25)5-1-2-6-21/h11-13,17H,1-10H2,(H,24,28)(H,26,27)/t17-/m0/s1. The lowest BCUT2D eigenvalue weighted by Crippen LogP contribution is -2.52. The van der Waals surface area contributed by atoms with Gasteiger partial charge in [-0.2, -0.15) is 0 Å². The molecule has 1 atom stereocenters. The van der Waals surface area contributed by atoms with Crippen molar-refractivity contribution < 1.29 is 19.5 Å². The highest BCUT2D eigenvalue weighted by Gasteiger charge is 2.39. The van der Waals surface area contributed by atoms with Crippen LogP contribution in [0.5, 0.6) is 0 Å². The molecule has 6 nitrogen and oxygen atoms in total. The number of nitrogens with zero attached hydrogens (tertiary/aromatic N) is 1. The first-order chi connectivity index (χ1) is 13.8. The Morgan fingerprint density at radius 2 is 1.62 bits per heavy atom. The van der Waals surface area contributed by atoms with Crippen LogP contribution in [0.3, 0.4) is 0 Å². The van der Waals surface area contributed by atoms with E-state index in [4.69, 9.17) is 28.3 Å². The number of aliphatic carboxylic acids is 1. The van der Waals surface area contributed by atoms with Gasteiger partial charge in [-0.15, -0.1) is 0 Å². The Morgan fingerprint density at radius 3 is 2.17 bits per heavy atom. The third kappa shape index (κ3) is 5.64. The number of carbonyl (C=O) groups is 3. The first-order valence-electron chi connectivity index (χ1n) is 10.1. The molecule has 0 aromatic heterocycles. The smallest absolute Gasteiger partial charge is 0.303 e. The van der Waals surface area contributed by atoms with Crippen molar-refractivity contribution >= 4 is 41.0 Å². The van der Waals surface area contributed by atoms with Crippen molar-refractivity contribution in [2.24, 2.45) is 5.41 Å². The molecular formula is C21H26Cl2N2O4. The van der Waals surface area contributed by atoms with Gasteiger partial charge in [0.25, 0.3) is 5.91 Å². The van der Waals surface area contributed by atoms with Crippen LogP contribution in [0.2, 0.25) is 10.0 Å². The van der Waals surface area contributed by atoms with Gasteiger partial charge in [-0.1, -0.05) is 36.0 Å². The van der Waals surface area contributed by atoms with Gasteiger partial charge in [0.05, 0.1) is 0 Å². The third-order valence-corrected chi connectivity index (χ3v) is 6.61. The summed E-state index contributed by atoms with van der Waals surface area (Å²) in [7, 11) is 0. The van der Waals surface area contributed by atoms with E-state index >= 15 is 0 Å². The number of halogens is 2. The molecule has 1 aromatic rings. The quantitative estimate of drug-likeness (QED) is 0.695. The van der Waals surface area contributed by atoms with Gasteiger partial charge in [-0.05, 0) is 55.7 Å². The van der Waals surface area contributed by atoms with Crippen LogP contribution in [0, 0.1) is 5.41 Å². The molecule has 0 unspecified atom stereocenters. The van der Waals surface area contributed by atoms with E-state index in [9.17, 15) is 14.4 Å². The predicted octanol–water partition coefficient (Wildman–Crippen LogP) is 4.14. The molecule has 2 aliphatic rings. The van der Waals surface area contributed by atoms with E-state index in [1.165, 1.54) is 43.9 Å². The minimum absolute atomic E-state index is 0.0375. The average Bonchev–Trinajstić information content (AvgIpc) is 3.12. The molecule has 1 heterocycles. The number of piperidine rings is 1. The number of carbonyl (C=O) groups excluding carboxylic acids is 2. The fraction of sp³-hybridized carbons (Fsp3) is 0.571. The number of hydrogen-bond donors (Lipinski definition) is 2. The van der Waals surface area contributed by atoms with Crippen LogP contribution in [0.4, 0.5) is 0 Å². The summed E-state index contributed by atoms with van der Waals surface area (Å²) in [6.45, 7) is 1.31. The Morgan fingerprint density at radius 1 is 1.03 bits per heavy atom. The van der Waals surface area contributed by atoms with Gasteiger partial charge >= 0.3 is 5.97 Å². The highest BCUT2D eigenvalue weighted by Crippen LogP contribution is 2.46. The van der Waals surface area contributed by atoms with Crippen molar-refractivity contribution in [3.8, 4) is 0 Å². The molecule has 2 fully saturated rings. The zero-order chi connectivity index (χ0) is 21.0. The number of hydrogen-bond acceptors (Lipinski definition) is 3. The van der Waals surface area contributed by atoms with E-state index in [1.807, 2.05) is 0 Å². The highest BCUT2D eigenvalue weighted by atomic mass is 35.5. The molecule has 1 spiro atoms. The molecule has 29 heavy (non-hydrogen) atoms. The number of carboxylic acids is 1. The van der Waals surface area contributed by atoms with Gasteiger partial charge in [0.15, 0.2) is 0 Å². The van der Waals surface area contributed by atoms with Gasteiger partial charge in [0.2, 0.25) is 5.91 Å². The second-order valence-electron chi connectivity index (χ2n) is 8.15. The van der Waals surface area contributed by atoms with Gasteiger partial charge < -0.3 is 15.3 Å². The summed E-state index contributed by atoms with van der Waals surface area (Å²) in [6.07, 6.45) is 6.75. The lowest BCUT2D eigenvalue weighted by atomic mass is 9.77. The van der Waals surface area contributed by atoms with Gasteiger partial charge in [-0.25, -0.2) is 0 Å². The maximum absolute atomic E-state index is 13.1. The van der Waals surface area contributed by atoms with Crippen molar-refractivity contribution in [2.75, 3.05) is 13.1 Å². The predicted molar refractivity (Wildman–Crippen MR) is 111 cm³/mol. The SMILES string of the molecule is O=C(O)CC[C@H](NC(=O)c1cc(Cl)cc(Cl)c1)C(=O)N1CCC2(CCCC2)CC1. The Kier molecular flexibility index (Phi) is 7.06. The summed E-state index contributed by atoms with van der Waals surface area (Å²) < 4.78 is 0. The molecular weight excluding hydrogens is 415 g/mol. The summed E-state index contributed by atoms with van der Waals surface area (Å²) >= 11 is 11.9. The second kappa shape index (κ2) is 9.35. The van der Waals surface area contributed by atoms with Gasteiger partial charge in [0, 0.05) is 35.1 Å². The average molecular weight is 441 g/mol. The summed E-state index contributed by atoms with van der Waals surface area (Å²) in [4.78, 5) is 38.5. The first kappa shape index (κ1) is 21.9. The number of nitrogens with one attached hydrogen (secondary N) is 1. The minimum Gasteiger partial charge on any atom is -0.481 e. The van der Waals surface area contributed by atoms with Crippen molar-refractivity contribution in [1.29, 1.82) is 0 Å². The second-order valence-corrected chi connectivity index (χ2v) is 9.02. The van der Waals surface area contributed by atoms with Crippen LogP contribution >= 0.6 is 23.2 Å². The van der Waals surface area contributed by atoms with Crippen molar-refractivity contribution in [2.45, 2.75) is 57.4 Å². The Labute approximate surface area is 180 Å². The normalized spacial score (nSPS) is 19.2. The molecule has 2 amide bonds. The largest absolute Gasteiger partial charge is 0.481 e. The molecule has 1 saturated heterocycles. The number of likely N-dealkylation sites (tertiary alicyclic amines) is 1. The zero-order valence-corrected chi connectivity index (χ0v) is 17.8. The highest BCUT2D eigenvalue weighted by molar-refractivity contribution is 6.35. The molecule has 3 rings (SSSR count). The van der Waals surface area contributed by atoms with E-state index in [1.54, 1.807) is 4.90 Å².